The van der Waals surface area contributed by atoms with Crippen LogP contribution in [0.25, 0.3) is 0 Å². The minimum absolute atomic E-state index is 0.0731. The van der Waals surface area contributed by atoms with Gasteiger partial charge in [0, 0.05) is 23.5 Å². The number of nitrogens with one attached hydrogen (secondary N) is 2. The van der Waals surface area contributed by atoms with E-state index in [1.54, 1.807) is 36.1 Å². The Kier molecular flexibility index (Phi) is 6.51. The summed E-state index contributed by atoms with van der Waals surface area (Å²) in [6, 6.07) is 26.8. The average Bonchev–Trinajstić information content (AvgIpc) is 3.39. The highest BCUT2D eigenvalue weighted by atomic mass is 32.2. The fourth-order valence-corrected chi connectivity index (χ4v) is 5.51. The van der Waals surface area contributed by atoms with E-state index in [1.165, 1.54) is 23.5 Å². The largest absolute Gasteiger partial charge is 0.339 e. The summed E-state index contributed by atoms with van der Waals surface area (Å²) in [4.78, 5) is 13.4. The molecule has 9 heteroatoms. The van der Waals surface area contributed by atoms with Gasteiger partial charge in [0.25, 0.3) is 10.0 Å². The summed E-state index contributed by atoms with van der Waals surface area (Å²) in [6.45, 7) is 0. The summed E-state index contributed by atoms with van der Waals surface area (Å²) in [5.41, 5.74) is 3.74. The summed E-state index contributed by atoms with van der Waals surface area (Å²) in [6.07, 6.45) is 4.96. The van der Waals surface area contributed by atoms with E-state index in [9.17, 15) is 8.42 Å². The highest BCUT2D eigenvalue weighted by molar-refractivity contribution is 7.93. The predicted octanol–water partition coefficient (Wildman–Crippen LogP) is 5.66. The van der Waals surface area contributed by atoms with Gasteiger partial charge in [0.05, 0.1) is 22.7 Å². The molecule has 7 nitrogen and oxygen atoms in total. The lowest BCUT2D eigenvalue weighted by Crippen LogP contribution is -2.12. The second kappa shape index (κ2) is 10.0. The third-order valence-corrected chi connectivity index (χ3v) is 7.48. The molecule has 174 valence electrons. The SMILES string of the molecule is O=S(=O)(Nc1nccs1)c1ccc(Nc2cncc(C(c3ccccc3)c3ccccc3)n2)cc1. The zero-order chi connectivity index (χ0) is 24.1. The van der Waals surface area contributed by atoms with Crippen molar-refractivity contribution in [1.29, 1.82) is 0 Å². The van der Waals surface area contributed by atoms with Crippen molar-refractivity contribution in [1.82, 2.24) is 15.0 Å². The number of anilines is 3. The number of nitrogens with zero attached hydrogens (tertiary/aromatic N) is 3. The zero-order valence-corrected chi connectivity index (χ0v) is 20.1. The van der Waals surface area contributed by atoms with Crippen molar-refractivity contribution >= 4 is 38.0 Å². The lowest BCUT2D eigenvalue weighted by molar-refractivity contribution is 0.601. The predicted molar refractivity (Wildman–Crippen MR) is 139 cm³/mol. The molecule has 0 fully saturated rings. The Balaban J connectivity index is 1.39. The lowest BCUT2D eigenvalue weighted by Gasteiger charge is -2.18. The molecule has 5 rings (SSSR count). The number of benzene rings is 3. The standard InChI is InChI=1S/C26H21N5O2S2/c32-35(33,31-26-28-15-16-34-26)22-13-11-21(12-14-22)29-24-18-27-17-23(30-24)25(19-7-3-1-4-8-19)20-9-5-2-6-10-20/h1-18,25H,(H,28,31)(H,29,30). The third-order valence-electron chi connectivity index (χ3n) is 5.31. The number of thiazole rings is 1. The lowest BCUT2D eigenvalue weighted by atomic mass is 9.89. The van der Waals surface area contributed by atoms with Gasteiger partial charge in [-0.1, -0.05) is 60.7 Å². The van der Waals surface area contributed by atoms with Crippen molar-refractivity contribution < 1.29 is 8.42 Å². The number of hydrogen-bond acceptors (Lipinski definition) is 7. The number of rotatable bonds is 8. The Morgan fingerprint density at radius 1 is 0.800 bits per heavy atom. The fraction of sp³-hybridized carbons (Fsp3) is 0.0385. The van der Waals surface area contributed by atoms with Gasteiger partial charge in [0.1, 0.15) is 5.82 Å². The third kappa shape index (κ3) is 5.37. The highest BCUT2D eigenvalue weighted by Gasteiger charge is 2.19. The fourth-order valence-electron chi connectivity index (χ4n) is 3.72. The number of sulfonamides is 1. The van der Waals surface area contributed by atoms with Gasteiger partial charge in [0.15, 0.2) is 5.13 Å². The summed E-state index contributed by atoms with van der Waals surface area (Å²) < 4.78 is 27.6. The van der Waals surface area contributed by atoms with Crippen molar-refractivity contribution in [2.45, 2.75) is 10.8 Å². The van der Waals surface area contributed by atoms with Gasteiger partial charge in [-0.05, 0) is 35.4 Å². The Labute approximate surface area is 207 Å². The van der Waals surface area contributed by atoms with E-state index in [2.05, 4.69) is 44.3 Å². The summed E-state index contributed by atoms with van der Waals surface area (Å²) in [5, 5.41) is 5.26. The molecule has 0 amide bonds. The van der Waals surface area contributed by atoms with Crippen LogP contribution < -0.4 is 10.0 Å². The van der Waals surface area contributed by atoms with E-state index < -0.39 is 10.0 Å². The van der Waals surface area contributed by atoms with Crippen LogP contribution in [0.3, 0.4) is 0 Å². The second-order valence-corrected chi connectivity index (χ2v) is 10.3. The molecule has 3 aromatic carbocycles. The van der Waals surface area contributed by atoms with Gasteiger partial charge in [-0.2, -0.15) is 0 Å². The average molecular weight is 500 g/mol. The van der Waals surface area contributed by atoms with Crippen molar-refractivity contribution in [2.75, 3.05) is 10.0 Å². The highest BCUT2D eigenvalue weighted by Crippen LogP contribution is 2.31. The molecule has 0 saturated carbocycles. The Hall–Kier alpha value is -4.08. The van der Waals surface area contributed by atoms with Crippen molar-refractivity contribution in [3.05, 3.63) is 126 Å². The van der Waals surface area contributed by atoms with E-state index >= 15 is 0 Å². The zero-order valence-electron chi connectivity index (χ0n) is 18.4. The summed E-state index contributed by atoms with van der Waals surface area (Å²) in [5.74, 6) is 0.493. The second-order valence-electron chi connectivity index (χ2n) is 7.68. The molecule has 0 aliphatic heterocycles. The van der Waals surface area contributed by atoms with Crippen LogP contribution in [-0.2, 0) is 10.0 Å². The van der Waals surface area contributed by atoms with E-state index in [-0.39, 0.29) is 10.8 Å². The first-order valence-corrected chi connectivity index (χ1v) is 13.2. The molecule has 0 aliphatic carbocycles. The quantitative estimate of drug-likeness (QED) is 0.286. The normalized spacial score (nSPS) is 11.3. The topological polar surface area (TPSA) is 96.9 Å². The van der Waals surface area contributed by atoms with Crippen LogP contribution in [0, 0.1) is 0 Å². The molecule has 0 radical (unpaired) electrons. The van der Waals surface area contributed by atoms with Gasteiger partial charge in [0.2, 0.25) is 0 Å². The van der Waals surface area contributed by atoms with E-state index in [0.717, 1.165) is 16.8 Å². The van der Waals surface area contributed by atoms with Crippen LogP contribution in [-0.4, -0.2) is 23.4 Å². The Morgan fingerprint density at radius 3 is 2.06 bits per heavy atom. The van der Waals surface area contributed by atoms with Crippen molar-refractivity contribution in [3.63, 3.8) is 0 Å². The number of hydrogen-bond donors (Lipinski definition) is 2. The molecule has 2 aromatic heterocycles. The van der Waals surface area contributed by atoms with Crippen LogP contribution in [0.2, 0.25) is 0 Å². The maximum atomic E-state index is 12.6. The minimum atomic E-state index is -3.71. The van der Waals surface area contributed by atoms with Crippen molar-refractivity contribution in [2.24, 2.45) is 0 Å². The van der Waals surface area contributed by atoms with Crippen LogP contribution in [0.4, 0.5) is 16.6 Å². The van der Waals surface area contributed by atoms with Crippen LogP contribution >= 0.6 is 11.3 Å². The maximum Gasteiger partial charge on any atom is 0.263 e. The minimum Gasteiger partial charge on any atom is -0.339 e. The molecule has 0 spiro atoms. The van der Waals surface area contributed by atoms with E-state index in [0.29, 0.717) is 16.6 Å². The van der Waals surface area contributed by atoms with E-state index in [1.807, 2.05) is 36.4 Å². The van der Waals surface area contributed by atoms with Gasteiger partial charge in [-0.15, -0.1) is 11.3 Å². The Bertz CT molecular complexity index is 1450. The monoisotopic (exact) mass is 499 g/mol. The van der Waals surface area contributed by atoms with Crippen LogP contribution in [0.5, 0.6) is 0 Å². The number of aromatic nitrogens is 3. The molecule has 0 aliphatic rings. The van der Waals surface area contributed by atoms with Crippen LogP contribution in [0.15, 0.2) is 114 Å². The molecule has 0 saturated heterocycles. The molecule has 0 unspecified atom stereocenters. The van der Waals surface area contributed by atoms with E-state index in [4.69, 9.17) is 4.98 Å². The first-order valence-electron chi connectivity index (χ1n) is 10.8. The molecule has 0 atom stereocenters. The maximum absolute atomic E-state index is 12.6. The van der Waals surface area contributed by atoms with Gasteiger partial charge in [-0.25, -0.2) is 18.4 Å². The first kappa shape index (κ1) is 22.7. The molecular formula is C26H21N5O2S2. The summed E-state index contributed by atoms with van der Waals surface area (Å²) in [7, 11) is -3.71. The molecule has 2 heterocycles. The molecule has 5 aromatic rings. The van der Waals surface area contributed by atoms with Gasteiger partial charge in [-0.3, -0.25) is 9.71 Å². The van der Waals surface area contributed by atoms with Crippen LogP contribution in [0.1, 0.15) is 22.7 Å². The molecule has 2 N–H and O–H groups in total. The smallest absolute Gasteiger partial charge is 0.263 e. The molecule has 0 bridgehead atoms. The van der Waals surface area contributed by atoms with Gasteiger partial charge >= 0.3 is 0 Å². The van der Waals surface area contributed by atoms with Gasteiger partial charge < -0.3 is 5.32 Å². The van der Waals surface area contributed by atoms with Crippen molar-refractivity contribution in [3.8, 4) is 0 Å². The Morgan fingerprint density at radius 2 is 1.46 bits per heavy atom. The first-order chi connectivity index (χ1) is 17.1. The summed E-state index contributed by atoms with van der Waals surface area (Å²) >= 11 is 1.22. The molecular weight excluding hydrogens is 478 g/mol. The molecule has 35 heavy (non-hydrogen) atoms.